The third-order valence-electron chi connectivity index (χ3n) is 19.8. The molecule has 25 heteroatoms. The molecule has 0 aromatic carbocycles. The number of phosphoric acid groups is 2. The molecule has 0 spiro atoms. The van der Waals surface area contributed by atoms with Gasteiger partial charge in [0.2, 0.25) is 11.8 Å². The highest BCUT2D eigenvalue weighted by molar-refractivity contribution is 7.47. The molecule has 8 atom stereocenters. The van der Waals surface area contributed by atoms with Gasteiger partial charge in [-0.3, -0.25) is 37.3 Å². The largest absolute Gasteiger partial charge is 0.472 e. The molecule has 8 N–H and O–H groups in total. The molecule has 0 aliphatic carbocycles. The van der Waals surface area contributed by atoms with Crippen molar-refractivity contribution in [3.05, 3.63) is 0 Å². The number of amides is 4. The fourth-order valence-corrected chi connectivity index (χ4v) is 14.5. The minimum Gasteiger partial charge on any atom is -0.462 e. The Labute approximate surface area is 657 Å². The molecule has 0 radical (unpaired) electrons. The maximum absolute atomic E-state index is 13.4. The van der Waals surface area contributed by atoms with E-state index in [-0.39, 0.29) is 76.5 Å². The zero-order chi connectivity index (χ0) is 79.5. The van der Waals surface area contributed by atoms with Gasteiger partial charge in [-0.05, 0) is 51.4 Å². The highest BCUT2D eigenvalue weighted by atomic mass is 31.2. The van der Waals surface area contributed by atoms with Crippen molar-refractivity contribution in [3.63, 3.8) is 0 Å². The normalized spacial score (nSPS) is 14.5. The van der Waals surface area contributed by atoms with Crippen LogP contribution < -0.4 is 21.3 Å². The Kier molecular flexibility index (Phi) is 74.8. The van der Waals surface area contributed by atoms with E-state index in [1.165, 1.54) is 141 Å². The summed E-state index contributed by atoms with van der Waals surface area (Å²) in [6, 6.07) is -2.74. The number of aliphatic hydroxyl groups is 2. The molecule has 0 saturated heterocycles. The van der Waals surface area contributed by atoms with E-state index < -0.39 is 84.2 Å². The first kappa shape index (κ1) is 105. The summed E-state index contributed by atoms with van der Waals surface area (Å²) in [5, 5.41) is 32.1. The van der Waals surface area contributed by atoms with Crippen molar-refractivity contribution in [2.45, 2.75) is 438 Å². The van der Waals surface area contributed by atoms with E-state index in [2.05, 4.69) is 62.8 Å². The number of phosphoric ester groups is 2. The van der Waals surface area contributed by atoms with Crippen LogP contribution in [0.3, 0.4) is 0 Å². The number of nitrogens with one attached hydrogen (secondary N) is 4. The number of aliphatic hydroxyl groups excluding tert-OH is 2. The van der Waals surface area contributed by atoms with Crippen molar-refractivity contribution in [3.8, 4) is 0 Å². The lowest BCUT2D eigenvalue weighted by Crippen LogP contribution is -2.46. The summed E-state index contributed by atoms with van der Waals surface area (Å²) in [4.78, 5) is 87.0. The zero-order valence-corrected chi connectivity index (χ0v) is 71.2. The second kappa shape index (κ2) is 76.8. The molecule has 0 fully saturated rings. The van der Waals surface area contributed by atoms with Gasteiger partial charge >= 0.3 is 33.6 Å². The van der Waals surface area contributed by atoms with Crippen LogP contribution in [0.2, 0.25) is 0 Å². The van der Waals surface area contributed by atoms with Gasteiger partial charge in [0.05, 0.1) is 64.9 Å². The summed E-state index contributed by atoms with van der Waals surface area (Å²) in [5.74, 6) is -1.81. The number of urea groups is 1. The van der Waals surface area contributed by atoms with Crippen molar-refractivity contribution in [2.75, 3.05) is 65.9 Å². The van der Waals surface area contributed by atoms with Crippen LogP contribution in [0.25, 0.3) is 0 Å². The topological polar surface area (TPSA) is 322 Å². The number of unbranched alkanes of at least 4 members (excludes halogenated alkanes) is 42. The van der Waals surface area contributed by atoms with Gasteiger partial charge < -0.3 is 60.2 Å². The maximum Gasteiger partial charge on any atom is 0.472 e. The standard InChI is InChI=1S/C83H164N4O19P2/c1-7-13-19-25-29-33-37-39-45-51-57-77(88)81(92)86-73(69-99-65-61-75(55-49-43-23-17-11-5)105-79(90)59-53-47-41-35-31-27-21-15-9-3)71-103-107(95,96)101-67-63-84-83(94)85-64-68-102-108(97,98)104-72-74(87-82(93)78(89)58-52-46-40-38-34-30-26-20-14-8-2)70-100-66-62-76(56-50-44-24-18-12-6)106-80(91)60-54-48-42-36-32-28-22-16-10-4/h73-78,88-89H,7-72H2,1-6H3,(H,86,92)(H,87,93)(H,95,96)(H,97,98)(H2,84,85,94)/t73-,74-,75-,76-,77?,78?/m1/s1. The highest BCUT2D eigenvalue weighted by Gasteiger charge is 2.29. The monoisotopic (exact) mass is 1580 g/mol. The lowest BCUT2D eigenvalue weighted by Gasteiger charge is -2.23. The van der Waals surface area contributed by atoms with Gasteiger partial charge in [0, 0.05) is 38.8 Å². The van der Waals surface area contributed by atoms with Crippen LogP contribution in [0.15, 0.2) is 0 Å². The van der Waals surface area contributed by atoms with Crippen LogP contribution in [-0.2, 0) is 65.4 Å². The Hall–Kier alpha value is -2.79. The molecule has 0 aromatic heterocycles. The van der Waals surface area contributed by atoms with Crippen molar-refractivity contribution >= 4 is 45.4 Å². The summed E-state index contributed by atoms with van der Waals surface area (Å²) in [6.45, 7) is 10.6. The lowest BCUT2D eigenvalue weighted by molar-refractivity contribution is -0.151. The molecule has 0 bridgehead atoms. The Morgan fingerprint density at radius 3 is 0.833 bits per heavy atom. The molecule has 23 nitrogen and oxygen atoms in total. The SMILES string of the molecule is CCCCCCCCCCCCC(O)C(=O)N[C@H](COCC[C@@H](CCCCCCC)OC(=O)CCCCCCCCCCC)COP(=O)(O)OCCNC(=O)NCCOP(=O)(O)OC[C@@H](COCC[C@@H](CCCCCCC)OC(=O)CCCCCCCCCCC)NC(=O)C(O)CCCCCCCCCCCC. The lowest BCUT2D eigenvalue weighted by atomic mass is 10.0. The summed E-state index contributed by atoms with van der Waals surface area (Å²) in [7, 11) is -9.59. The number of rotatable bonds is 84. The van der Waals surface area contributed by atoms with Crippen LogP contribution >= 0.6 is 15.6 Å². The number of ether oxygens (including phenoxy) is 4. The third kappa shape index (κ3) is 71.0. The maximum atomic E-state index is 13.4. The van der Waals surface area contributed by atoms with Gasteiger partial charge in [0.15, 0.2) is 0 Å². The smallest absolute Gasteiger partial charge is 0.462 e. The zero-order valence-electron chi connectivity index (χ0n) is 69.4. The Balaban J connectivity index is 5.69. The van der Waals surface area contributed by atoms with Gasteiger partial charge in [-0.2, -0.15) is 0 Å². The van der Waals surface area contributed by atoms with Crippen molar-refractivity contribution in [2.24, 2.45) is 0 Å². The fourth-order valence-electron chi connectivity index (χ4n) is 12.9. The second-order valence-electron chi connectivity index (χ2n) is 30.3. The van der Waals surface area contributed by atoms with Gasteiger partial charge in [-0.25, -0.2) is 13.9 Å². The molecule has 4 unspecified atom stereocenters. The van der Waals surface area contributed by atoms with E-state index in [4.69, 9.17) is 37.0 Å². The Morgan fingerprint density at radius 1 is 0.306 bits per heavy atom. The third-order valence-corrected chi connectivity index (χ3v) is 21.7. The average molecular weight is 1580 g/mol. The summed E-state index contributed by atoms with van der Waals surface area (Å²) >= 11 is 0. The minimum atomic E-state index is -4.80. The van der Waals surface area contributed by atoms with Crippen molar-refractivity contribution in [1.29, 1.82) is 0 Å². The van der Waals surface area contributed by atoms with Gasteiger partial charge in [0.1, 0.15) is 24.4 Å². The minimum absolute atomic E-state index is 0.157. The Morgan fingerprint density at radius 2 is 0.556 bits per heavy atom. The molecule has 0 saturated carbocycles. The van der Waals surface area contributed by atoms with Gasteiger partial charge in [-0.1, -0.05) is 324 Å². The number of esters is 2. The van der Waals surface area contributed by atoms with Gasteiger partial charge in [-0.15, -0.1) is 0 Å². The van der Waals surface area contributed by atoms with E-state index in [9.17, 15) is 53.1 Å². The molecule has 108 heavy (non-hydrogen) atoms. The molecule has 0 aliphatic heterocycles. The van der Waals surface area contributed by atoms with Crippen LogP contribution in [0.4, 0.5) is 4.79 Å². The molecule has 0 rings (SSSR count). The Bertz CT molecular complexity index is 2030. The van der Waals surface area contributed by atoms with Crippen LogP contribution in [-0.4, -0.2) is 152 Å². The summed E-state index contributed by atoms with van der Waals surface area (Å²) in [5.41, 5.74) is 0. The quantitative estimate of drug-likeness (QED) is 0.0159. The molecular formula is C83H164N4O19P2. The van der Waals surface area contributed by atoms with E-state index in [0.717, 1.165) is 154 Å². The first-order valence-corrected chi connectivity index (χ1v) is 47.1. The highest BCUT2D eigenvalue weighted by Crippen LogP contribution is 2.44. The number of hydrogen-bond acceptors (Lipinski definition) is 17. The molecule has 0 aliphatic rings. The van der Waals surface area contributed by atoms with E-state index in [0.29, 0.717) is 51.4 Å². The van der Waals surface area contributed by atoms with E-state index in [1.807, 2.05) is 0 Å². The number of carbonyl (C=O) groups excluding carboxylic acids is 5. The average Bonchev–Trinajstić information content (AvgIpc) is 0.901. The summed E-state index contributed by atoms with van der Waals surface area (Å²) in [6.07, 6.45) is 52.9. The van der Waals surface area contributed by atoms with Crippen molar-refractivity contribution < 1.29 is 90.1 Å². The van der Waals surface area contributed by atoms with E-state index >= 15 is 0 Å². The predicted molar refractivity (Wildman–Crippen MR) is 435 cm³/mol. The van der Waals surface area contributed by atoms with Crippen LogP contribution in [0.5, 0.6) is 0 Å². The van der Waals surface area contributed by atoms with E-state index in [1.54, 1.807) is 0 Å². The number of carbonyl (C=O) groups is 5. The first-order chi connectivity index (χ1) is 52.3. The molecule has 0 aromatic rings. The fraction of sp³-hybridized carbons (Fsp3) is 0.940. The molecule has 640 valence electrons. The number of hydrogen-bond donors (Lipinski definition) is 8. The first-order valence-electron chi connectivity index (χ1n) is 44.1. The van der Waals surface area contributed by atoms with Crippen molar-refractivity contribution in [1.82, 2.24) is 21.3 Å². The predicted octanol–water partition coefficient (Wildman–Crippen LogP) is 20.1. The van der Waals surface area contributed by atoms with Crippen LogP contribution in [0, 0.1) is 0 Å². The second-order valence-corrected chi connectivity index (χ2v) is 33.2. The van der Waals surface area contributed by atoms with Gasteiger partial charge in [0.25, 0.3) is 0 Å². The van der Waals surface area contributed by atoms with Crippen LogP contribution in [0.1, 0.15) is 401 Å². The molecule has 4 amide bonds. The summed E-state index contributed by atoms with van der Waals surface area (Å²) < 4.78 is 71.4. The molecule has 0 heterocycles. The molecular weight excluding hydrogens is 1420 g/mol.